The highest BCUT2D eigenvalue weighted by Gasteiger charge is 2.26. The average Bonchev–Trinajstić information content (AvgIpc) is 3.19. The molecule has 1 aromatic heterocycles. The molecule has 1 amide bonds. The molecule has 1 aliphatic rings. The number of benzene rings is 1. The first-order valence-electron chi connectivity index (χ1n) is 7.30. The summed E-state index contributed by atoms with van der Waals surface area (Å²) >= 11 is 0. The van der Waals surface area contributed by atoms with Gasteiger partial charge in [0.25, 0.3) is 5.91 Å². The number of carbonyl (C=O) groups is 1. The normalized spacial score (nSPS) is 18.1. The lowest BCUT2D eigenvalue weighted by atomic mass is 10.1. The molecular formula is C16H20N4O. The SMILES string of the molecule is CNC[C@@H]1CCN(C(=O)c2ccc(-n3ccnc3)cc2)C1. The molecule has 0 saturated carbocycles. The molecule has 1 N–H and O–H groups in total. The van der Waals surface area contributed by atoms with E-state index in [4.69, 9.17) is 0 Å². The van der Waals surface area contributed by atoms with E-state index in [0.717, 1.165) is 37.3 Å². The lowest BCUT2D eigenvalue weighted by Gasteiger charge is -2.17. The fourth-order valence-corrected chi connectivity index (χ4v) is 2.84. The summed E-state index contributed by atoms with van der Waals surface area (Å²) in [6.07, 6.45) is 6.46. The van der Waals surface area contributed by atoms with Crippen LogP contribution in [0.4, 0.5) is 0 Å². The number of hydrogen-bond donors (Lipinski definition) is 1. The standard InChI is InChI=1S/C16H20N4O/c1-17-10-13-6-8-19(11-13)16(21)14-2-4-15(5-3-14)20-9-7-18-12-20/h2-5,7,9,12-13,17H,6,8,10-11H2,1H3/t13-/m0/s1. The van der Waals surface area contributed by atoms with Crippen LogP contribution >= 0.6 is 0 Å². The van der Waals surface area contributed by atoms with Gasteiger partial charge in [-0.05, 0) is 50.2 Å². The van der Waals surface area contributed by atoms with Gasteiger partial charge in [-0.3, -0.25) is 4.79 Å². The van der Waals surface area contributed by atoms with Gasteiger partial charge in [0.2, 0.25) is 0 Å². The number of imidazole rings is 1. The summed E-state index contributed by atoms with van der Waals surface area (Å²) < 4.78 is 1.92. The molecule has 0 radical (unpaired) electrons. The Morgan fingerprint density at radius 2 is 2.19 bits per heavy atom. The van der Waals surface area contributed by atoms with Crippen LogP contribution in [0.25, 0.3) is 5.69 Å². The average molecular weight is 284 g/mol. The van der Waals surface area contributed by atoms with Crippen LogP contribution < -0.4 is 5.32 Å². The van der Waals surface area contributed by atoms with Crippen molar-refractivity contribution >= 4 is 5.91 Å². The van der Waals surface area contributed by atoms with Crippen molar-refractivity contribution in [1.82, 2.24) is 19.8 Å². The monoisotopic (exact) mass is 284 g/mol. The summed E-state index contributed by atoms with van der Waals surface area (Å²) in [4.78, 5) is 18.5. The van der Waals surface area contributed by atoms with Crippen molar-refractivity contribution in [3.05, 3.63) is 48.5 Å². The Morgan fingerprint density at radius 3 is 2.86 bits per heavy atom. The van der Waals surface area contributed by atoms with Crippen LogP contribution in [-0.2, 0) is 0 Å². The molecule has 0 bridgehead atoms. The van der Waals surface area contributed by atoms with Crippen LogP contribution in [0.1, 0.15) is 16.8 Å². The van der Waals surface area contributed by atoms with Crippen molar-refractivity contribution in [2.75, 3.05) is 26.7 Å². The number of likely N-dealkylation sites (tertiary alicyclic amines) is 1. The lowest BCUT2D eigenvalue weighted by Crippen LogP contribution is -2.30. The second kappa shape index (κ2) is 6.10. The number of hydrogen-bond acceptors (Lipinski definition) is 3. The molecule has 5 nitrogen and oxygen atoms in total. The fourth-order valence-electron chi connectivity index (χ4n) is 2.84. The van der Waals surface area contributed by atoms with Gasteiger partial charge in [-0.2, -0.15) is 0 Å². The van der Waals surface area contributed by atoms with Gasteiger partial charge in [0.15, 0.2) is 0 Å². The van der Waals surface area contributed by atoms with E-state index in [0.29, 0.717) is 5.92 Å². The molecule has 1 aliphatic heterocycles. The highest BCUT2D eigenvalue weighted by atomic mass is 16.2. The topological polar surface area (TPSA) is 50.2 Å². The largest absolute Gasteiger partial charge is 0.338 e. The predicted molar refractivity (Wildman–Crippen MR) is 81.5 cm³/mol. The summed E-state index contributed by atoms with van der Waals surface area (Å²) in [5, 5.41) is 3.19. The zero-order valence-corrected chi connectivity index (χ0v) is 12.2. The Bertz CT molecular complexity index is 591. The molecule has 1 fully saturated rings. The van der Waals surface area contributed by atoms with Crippen LogP contribution in [0, 0.1) is 5.92 Å². The van der Waals surface area contributed by atoms with Gasteiger partial charge in [-0.1, -0.05) is 0 Å². The highest BCUT2D eigenvalue weighted by molar-refractivity contribution is 5.94. The van der Waals surface area contributed by atoms with E-state index in [1.165, 1.54) is 0 Å². The number of aromatic nitrogens is 2. The zero-order valence-electron chi connectivity index (χ0n) is 12.2. The molecule has 0 spiro atoms. The van der Waals surface area contributed by atoms with E-state index in [2.05, 4.69) is 10.3 Å². The molecule has 2 aromatic rings. The van der Waals surface area contributed by atoms with Crippen LogP contribution in [0.15, 0.2) is 43.0 Å². The fraction of sp³-hybridized carbons (Fsp3) is 0.375. The van der Waals surface area contributed by atoms with Crippen molar-refractivity contribution in [3.63, 3.8) is 0 Å². The minimum absolute atomic E-state index is 0.130. The maximum Gasteiger partial charge on any atom is 0.253 e. The Balaban J connectivity index is 1.68. The van der Waals surface area contributed by atoms with Gasteiger partial charge < -0.3 is 14.8 Å². The van der Waals surface area contributed by atoms with E-state index in [1.54, 1.807) is 12.5 Å². The van der Waals surface area contributed by atoms with Gasteiger partial charge in [-0.25, -0.2) is 4.98 Å². The van der Waals surface area contributed by atoms with Crippen molar-refractivity contribution in [3.8, 4) is 5.69 Å². The Morgan fingerprint density at radius 1 is 1.38 bits per heavy atom. The van der Waals surface area contributed by atoms with E-state index in [1.807, 2.05) is 47.0 Å². The summed E-state index contributed by atoms with van der Waals surface area (Å²) in [5.41, 5.74) is 1.77. The molecule has 1 aromatic carbocycles. The first-order chi connectivity index (χ1) is 10.3. The Kier molecular flexibility index (Phi) is 4.01. The van der Waals surface area contributed by atoms with Crippen molar-refractivity contribution in [1.29, 1.82) is 0 Å². The molecule has 0 unspecified atom stereocenters. The van der Waals surface area contributed by atoms with Crippen molar-refractivity contribution < 1.29 is 4.79 Å². The van der Waals surface area contributed by atoms with Gasteiger partial charge >= 0.3 is 0 Å². The quantitative estimate of drug-likeness (QED) is 0.927. The smallest absolute Gasteiger partial charge is 0.253 e. The maximum atomic E-state index is 12.5. The highest BCUT2D eigenvalue weighted by Crippen LogP contribution is 2.19. The van der Waals surface area contributed by atoms with E-state index in [9.17, 15) is 4.79 Å². The van der Waals surface area contributed by atoms with Crippen LogP contribution in [0.2, 0.25) is 0 Å². The maximum absolute atomic E-state index is 12.5. The number of carbonyl (C=O) groups excluding carboxylic acids is 1. The second-order valence-electron chi connectivity index (χ2n) is 5.48. The summed E-state index contributed by atoms with van der Waals surface area (Å²) in [7, 11) is 1.96. The molecule has 5 heteroatoms. The number of nitrogens with one attached hydrogen (secondary N) is 1. The minimum atomic E-state index is 0.130. The minimum Gasteiger partial charge on any atom is -0.338 e. The lowest BCUT2D eigenvalue weighted by molar-refractivity contribution is 0.0787. The molecule has 2 heterocycles. The third-order valence-electron chi connectivity index (χ3n) is 3.98. The predicted octanol–water partition coefficient (Wildman–Crippen LogP) is 1.55. The molecule has 3 rings (SSSR count). The summed E-state index contributed by atoms with van der Waals surface area (Å²) in [5.74, 6) is 0.704. The van der Waals surface area contributed by atoms with Crippen LogP contribution in [-0.4, -0.2) is 47.0 Å². The van der Waals surface area contributed by atoms with E-state index < -0.39 is 0 Å². The zero-order chi connectivity index (χ0) is 14.7. The summed E-state index contributed by atoms with van der Waals surface area (Å²) in [6.45, 7) is 2.68. The molecule has 1 atom stereocenters. The second-order valence-corrected chi connectivity index (χ2v) is 5.48. The molecule has 21 heavy (non-hydrogen) atoms. The number of amides is 1. The van der Waals surface area contributed by atoms with Crippen LogP contribution in [0.3, 0.4) is 0 Å². The Hall–Kier alpha value is -2.14. The van der Waals surface area contributed by atoms with Gasteiger partial charge in [0.05, 0.1) is 6.33 Å². The van der Waals surface area contributed by atoms with Crippen LogP contribution in [0.5, 0.6) is 0 Å². The molecule has 0 aliphatic carbocycles. The number of rotatable bonds is 4. The molecule has 110 valence electrons. The summed E-state index contributed by atoms with van der Waals surface area (Å²) in [6, 6.07) is 7.69. The first-order valence-corrected chi connectivity index (χ1v) is 7.30. The van der Waals surface area contributed by atoms with E-state index in [-0.39, 0.29) is 5.91 Å². The third kappa shape index (κ3) is 2.97. The first kappa shape index (κ1) is 13.8. The van der Waals surface area contributed by atoms with Crippen molar-refractivity contribution in [2.24, 2.45) is 5.92 Å². The molecular weight excluding hydrogens is 264 g/mol. The van der Waals surface area contributed by atoms with Gasteiger partial charge in [0.1, 0.15) is 0 Å². The number of nitrogens with zero attached hydrogens (tertiary/aromatic N) is 3. The van der Waals surface area contributed by atoms with Gasteiger partial charge in [0, 0.05) is 36.7 Å². The van der Waals surface area contributed by atoms with E-state index >= 15 is 0 Å². The van der Waals surface area contributed by atoms with Gasteiger partial charge in [-0.15, -0.1) is 0 Å². The Labute approximate surface area is 124 Å². The molecule has 1 saturated heterocycles. The third-order valence-corrected chi connectivity index (χ3v) is 3.98. The van der Waals surface area contributed by atoms with Crippen molar-refractivity contribution in [2.45, 2.75) is 6.42 Å².